The minimum Gasteiger partial charge on any atom is -0.480 e. The molecule has 0 aliphatic rings. The topological polar surface area (TPSA) is 194 Å². The van der Waals surface area contributed by atoms with E-state index in [2.05, 4.69) is 28.6 Å². The van der Waals surface area contributed by atoms with Crippen LogP contribution in [0.4, 0.5) is 0 Å². The molecule has 170 valence electrons. The monoisotopic (exact) mass is 453 g/mol. The first-order valence-electron chi connectivity index (χ1n) is 9.37. The molecule has 1 rings (SSSR count). The zero-order chi connectivity index (χ0) is 23.6. The van der Waals surface area contributed by atoms with E-state index in [4.69, 9.17) is 11.5 Å². The average molecular weight is 454 g/mol. The summed E-state index contributed by atoms with van der Waals surface area (Å²) < 4.78 is 0. The number of aliphatic carboxylic acids is 1. The van der Waals surface area contributed by atoms with Crippen LogP contribution in [0, 0.1) is 0 Å². The van der Waals surface area contributed by atoms with Crippen molar-refractivity contribution in [2.24, 2.45) is 11.5 Å². The Bertz CT molecular complexity index is 806. The number of carboxylic acids is 1. The van der Waals surface area contributed by atoms with Crippen molar-refractivity contribution in [3.05, 3.63) is 35.9 Å². The maximum absolute atomic E-state index is 12.5. The van der Waals surface area contributed by atoms with Crippen LogP contribution >= 0.6 is 12.6 Å². The molecule has 0 aliphatic carbocycles. The molecule has 31 heavy (non-hydrogen) atoms. The van der Waals surface area contributed by atoms with E-state index >= 15 is 0 Å². The second-order valence-electron chi connectivity index (χ2n) is 6.84. The Kier molecular flexibility index (Phi) is 10.5. The van der Waals surface area contributed by atoms with Crippen LogP contribution in [0.3, 0.4) is 0 Å². The number of carbonyl (C=O) groups excluding carboxylic acids is 4. The van der Waals surface area contributed by atoms with Gasteiger partial charge in [-0.1, -0.05) is 30.3 Å². The molecule has 1 aromatic rings. The van der Waals surface area contributed by atoms with Crippen LogP contribution in [0.15, 0.2) is 30.3 Å². The summed E-state index contributed by atoms with van der Waals surface area (Å²) in [4.78, 5) is 59.1. The van der Waals surface area contributed by atoms with Gasteiger partial charge in [-0.3, -0.25) is 19.2 Å². The summed E-state index contributed by atoms with van der Waals surface area (Å²) in [6.07, 6.45) is -0.334. The van der Waals surface area contributed by atoms with Gasteiger partial charge in [0, 0.05) is 12.2 Å². The number of primary amides is 1. The Morgan fingerprint density at radius 1 is 0.968 bits per heavy atom. The molecule has 0 fully saturated rings. The Hall–Kier alpha value is -3.12. The molecule has 0 heterocycles. The summed E-state index contributed by atoms with van der Waals surface area (Å²) in [5.74, 6) is -4.33. The summed E-state index contributed by atoms with van der Waals surface area (Å²) >= 11 is 4.03. The van der Waals surface area contributed by atoms with Gasteiger partial charge in [-0.05, 0) is 12.5 Å². The van der Waals surface area contributed by atoms with Gasteiger partial charge in [0.25, 0.3) is 0 Å². The van der Waals surface area contributed by atoms with Crippen LogP contribution in [0.1, 0.15) is 18.9 Å². The molecule has 1 aromatic carbocycles. The van der Waals surface area contributed by atoms with Crippen molar-refractivity contribution in [1.82, 2.24) is 16.0 Å². The molecule has 4 atom stereocenters. The van der Waals surface area contributed by atoms with Crippen molar-refractivity contribution in [2.45, 2.75) is 43.9 Å². The van der Waals surface area contributed by atoms with Gasteiger partial charge in [0.2, 0.25) is 23.6 Å². The van der Waals surface area contributed by atoms with Gasteiger partial charge in [-0.25, -0.2) is 4.79 Å². The van der Waals surface area contributed by atoms with Gasteiger partial charge in [0.1, 0.15) is 18.1 Å². The van der Waals surface area contributed by atoms with Crippen molar-refractivity contribution < 1.29 is 29.1 Å². The molecule has 0 aliphatic heterocycles. The van der Waals surface area contributed by atoms with Crippen molar-refractivity contribution in [3.63, 3.8) is 0 Å². The van der Waals surface area contributed by atoms with Crippen LogP contribution < -0.4 is 27.4 Å². The highest BCUT2D eigenvalue weighted by Gasteiger charge is 2.28. The maximum Gasteiger partial charge on any atom is 0.326 e. The molecular formula is C19H27N5O6S. The first kappa shape index (κ1) is 25.9. The fourth-order valence-electron chi connectivity index (χ4n) is 2.51. The third-order valence-corrected chi connectivity index (χ3v) is 4.59. The number of rotatable bonds is 12. The molecule has 0 radical (unpaired) electrons. The zero-order valence-electron chi connectivity index (χ0n) is 16.9. The van der Waals surface area contributed by atoms with E-state index in [-0.39, 0.29) is 18.6 Å². The van der Waals surface area contributed by atoms with Gasteiger partial charge in [-0.15, -0.1) is 0 Å². The quantitative estimate of drug-likeness (QED) is 0.176. The Balaban J connectivity index is 2.69. The van der Waals surface area contributed by atoms with Gasteiger partial charge >= 0.3 is 5.97 Å². The second kappa shape index (κ2) is 12.5. The van der Waals surface area contributed by atoms with Gasteiger partial charge in [-0.2, -0.15) is 12.6 Å². The number of carbonyl (C=O) groups is 5. The molecule has 0 bridgehead atoms. The molecule has 0 saturated heterocycles. The minimum absolute atomic E-state index is 0.0549. The first-order chi connectivity index (χ1) is 14.5. The molecule has 4 amide bonds. The molecular weight excluding hydrogens is 426 g/mol. The summed E-state index contributed by atoms with van der Waals surface area (Å²) in [6, 6.07) is 4.08. The van der Waals surface area contributed by atoms with Crippen LogP contribution in [0.25, 0.3) is 0 Å². The minimum atomic E-state index is -1.23. The molecule has 12 heteroatoms. The number of nitrogens with two attached hydrogens (primary N) is 2. The number of carboxylic acid groups (broad SMARTS) is 1. The number of hydrogen-bond acceptors (Lipinski definition) is 7. The van der Waals surface area contributed by atoms with E-state index in [9.17, 15) is 29.1 Å². The van der Waals surface area contributed by atoms with E-state index in [1.807, 2.05) is 0 Å². The number of thiol groups is 1. The lowest BCUT2D eigenvalue weighted by atomic mass is 10.1. The summed E-state index contributed by atoms with van der Waals surface area (Å²) in [5.41, 5.74) is 11.2. The Morgan fingerprint density at radius 3 is 2.06 bits per heavy atom. The number of amides is 4. The van der Waals surface area contributed by atoms with Crippen molar-refractivity contribution in [1.29, 1.82) is 0 Å². The summed E-state index contributed by atoms with van der Waals surface area (Å²) in [5, 5.41) is 16.5. The maximum atomic E-state index is 12.5. The van der Waals surface area contributed by atoms with Crippen molar-refractivity contribution in [2.75, 3.05) is 5.75 Å². The molecule has 0 spiro atoms. The zero-order valence-corrected chi connectivity index (χ0v) is 17.8. The average Bonchev–Trinajstić information content (AvgIpc) is 2.71. The molecule has 11 nitrogen and oxygen atoms in total. The number of hydrogen-bond donors (Lipinski definition) is 7. The largest absolute Gasteiger partial charge is 0.480 e. The smallest absolute Gasteiger partial charge is 0.326 e. The standard InChI is InChI=1S/C19H27N5O6S/c1-10(22-17(27)12(20)8-15(21)25)16(26)24-14(9-31)18(28)23-13(19(29)30)7-11-5-3-2-4-6-11/h2-6,10,12-14,31H,7-9,20H2,1H3,(H2,21,25)(H,22,27)(H,23,28)(H,24,26)(H,29,30). The molecule has 0 aromatic heterocycles. The van der Waals surface area contributed by atoms with Crippen molar-refractivity contribution >= 4 is 42.2 Å². The molecule has 4 unspecified atom stereocenters. The van der Waals surface area contributed by atoms with E-state index < -0.39 is 53.8 Å². The van der Waals surface area contributed by atoms with Crippen LogP contribution in [0.5, 0.6) is 0 Å². The van der Waals surface area contributed by atoms with Crippen LogP contribution in [-0.4, -0.2) is 64.6 Å². The van der Waals surface area contributed by atoms with E-state index in [1.54, 1.807) is 30.3 Å². The number of benzene rings is 1. The van der Waals surface area contributed by atoms with Gasteiger partial charge in [0.05, 0.1) is 12.5 Å². The normalized spacial score (nSPS) is 14.4. The molecule has 0 saturated carbocycles. The molecule has 8 N–H and O–H groups in total. The highest BCUT2D eigenvalue weighted by molar-refractivity contribution is 7.80. The van der Waals surface area contributed by atoms with E-state index in [1.165, 1.54) is 6.92 Å². The van der Waals surface area contributed by atoms with Gasteiger partial charge < -0.3 is 32.5 Å². The Labute approximate surface area is 184 Å². The van der Waals surface area contributed by atoms with Crippen molar-refractivity contribution in [3.8, 4) is 0 Å². The van der Waals surface area contributed by atoms with E-state index in [0.717, 1.165) is 0 Å². The third kappa shape index (κ3) is 9.05. The number of nitrogens with one attached hydrogen (secondary N) is 3. The van der Waals surface area contributed by atoms with Crippen LogP contribution in [-0.2, 0) is 30.4 Å². The SMILES string of the molecule is CC(NC(=O)C(N)CC(N)=O)C(=O)NC(CS)C(=O)NC(Cc1ccccc1)C(=O)O. The highest BCUT2D eigenvalue weighted by atomic mass is 32.1. The lowest BCUT2D eigenvalue weighted by molar-refractivity contribution is -0.142. The van der Waals surface area contributed by atoms with Crippen LogP contribution in [0.2, 0.25) is 0 Å². The fourth-order valence-corrected chi connectivity index (χ4v) is 2.77. The fraction of sp³-hybridized carbons (Fsp3) is 0.421. The van der Waals surface area contributed by atoms with Gasteiger partial charge in [0.15, 0.2) is 0 Å². The van der Waals surface area contributed by atoms with E-state index in [0.29, 0.717) is 5.56 Å². The summed E-state index contributed by atoms with van der Waals surface area (Å²) in [6.45, 7) is 1.35. The first-order valence-corrected chi connectivity index (χ1v) is 10.0. The lowest BCUT2D eigenvalue weighted by Gasteiger charge is -2.22. The lowest BCUT2D eigenvalue weighted by Crippen LogP contribution is -2.57. The predicted octanol–water partition coefficient (Wildman–Crippen LogP) is -2.08. The highest BCUT2D eigenvalue weighted by Crippen LogP contribution is 2.04. The Morgan fingerprint density at radius 2 is 1.55 bits per heavy atom. The summed E-state index contributed by atoms with van der Waals surface area (Å²) in [7, 11) is 0. The second-order valence-corrected chi connectivity index (χ2v) is 7.21. The predicted molar refractivity (Wildman–Crippen MR) is 115 cm³/mol. The third-order valence-electron chi connectivity index (χ3n) is 4.22.